The fourth-order valence-corrected chi connectivity index (χ4v) is 2.57. The number of rotatable bonds is 4. The smallest absolute Gasteiger partial charge is 0.219 e. The van der Waals surface area contributed by atoms with Gasteiger partial charge in [-0.05, 0) is 32.9 Å². The third-order valence-electron chi connectivity index (χ3n) is 3.66. The molecule has 1 saturated heterocycles. The molecule has 18 heavy (non-hydrogen) atoms. The number of nitrogens with zero attached hydrogens (tertiary/aromatic N) is 3. The quantitative estimate of drug-likeness (QED) is 0.859. The summed E-state index contributed by atoms with van der Waals surface area (Å²) in [4.78, 5) is 18.0. The average Bonchev–Trinajstić information content (AvgIpc) is 2.76. The van der Waals surface area contributed by atoms with E-state index in [1.54, 1.807) is 13.1 Å². The number of piperidine rings is 1. The number of aromatic nitrogens is 2. The molecule has 1 aromatic heterocycles. The highest BCUT2D eigenvalue weighted by atomic mass is 16.2. The molecule has 0 aliphatic carbocycles. The molecule has 0 unspecified atom stereocenters. The van der Waals surface area contributed by atoms with E-state index in [0.717, 1.165) is 44.8 Å². The van der Waals surface area contributed by atoms with Crippen LogP contribution in [0.15, 0.2) is 12.4 Å². The minimum Gasteiger partial charge on any atom is -0.338 e. The highest BCUT2D eigenvalue weighted by Crippen LogP contribution is 2.12. The number of hydrogen-bond acceptors (Lipinski definition) is 3. The van der Waals surface area contributed by atoms with Crippen molar-refractivity contribution in [3.05, 3.63) is 18.2 Å². The molecule has 1 aromatic rings. The molecule has 5 heteroatoms. The SMILES string of the molecule is CC(=O)N(CCn1ccnc1C)C1CCNCC1. The molecule has 0 atom stereocenters. The Balaban J connectivity index is 1.94. The fourth-order valence-electron chi connectivity index (χ4n) is 2.57. The van der Waals surface area contributed by atoms with E-state index < -0.39 is 0 Å². The van der Waals surface area contributed by atoms with Crippen molar-refractivity contribution in [3.63, 3.8) is 0 Å². The lowest BCUT2D eigenvalue weighted by Crippen LogP contribution is -2.46. The number of hydrogen-bond donors (Lipinski definition) is 1. The van der Waals surface area contributed by atoms with Gasteiger partial charge in [-0.2, -0.15) is 0 Å². The summed E-state index contributed by atoms with van der Waals surface area (Å²) < 4.78 is 2.09. The van der Waals surface area contributed by atoms with Crippen molar-refractivity contribution in [1.82, 2.24) is 19.8 Å². The summed E-state index contributed by atoms with van der Waals surface area (Å²) in [6.45, 7) is 7.29. The molecule has 100 valence electrons. The second-order valence-corrected chi connectivity index (χ2v) is 4.86. The monoisotopic (exact) mass is 250 g/mol. The van der Waals surface area contributed by atoms with Crippen LogP contribution in [0.4, 0.5) is 0 Å². The van der Waals surface area contributed by atoms with Gasteiger partial charge in [-0.15, -0.1) is 0 Å². The summed E-state index contributed by atoms with van der Waals surface area (Å²) in [6, 6.07) is 0.396. The fraction of sp³-hybridized carbons (Fsp3) is 0.692. The van der Waals surface area contributed by atoms with Crippen LogP contribution in [0.1, 0.15) is 25.6 Å². The van der Waals surface area contributed by atoms with Gasteiger partial charge in [0.25, 0.3) is 0 Å². The third-order valence-corrected chi connectivity index (χ3v) is 3.66. The van der Waals surface area contributed by atoms with Crippen LogP contribution in [-0.2, 0) is 11.3 Å². The van der Waals surface area contributed by atoms with Gasteiger partial charge in [0.15, 0.2) is 0 Å². The topological polar surface area (TPSA) is 50.2 Å². The maximum absolute atomic E-state index is 11.8. The molecule has 0 radical (unpaired) electrons. The molecular weight excluding hydrogens is 228 g/mol. The molecule has 2 heterocycles. The second kappa shape index (κ2) is 6.00. The Morgan fingerprint density at radius 2 is 2.28 bits per heavy atom. The highest BCUT2D eigenvalue weighted by molar-refractivity contribution is 5.73. The van der Waals surface area contributed by atoms with Gasteiger partial charge in [-0.3, -0.25) is 4.79 Å². The summed E-state index contributed by atoms with van der Waals surface area (Å²) >= 11 is 0. The number of carbonyl (C=O) groups is 1. The van der Waals surface area contributed by atoms with Crippen LogP contribution in [-0.4, -0.2) is 46.0 Å². The molecule has 1 aliphatic heterocycles. The van der Waals surface area contributed by atoms with Gasteiger partial charge in [0.2, 0.25) is 5.91 Å². The van der Waals surface area contributed by atoms with Gasteiger partial charge in [0, 0.05) is 38.4 Å². The molecule has 1 fully saturated rings. The van der Waals surface area contributed by atoms with Gasteiger partial charge in [-0.25, -0.2) is 4.98 Å². The molecule has 0 saturated carbocycles. The average molecular weight is 250 g/mol. The number of aryl methyl sites for hydroxylation is 1. The Morgan fingerprint density at radius 1 is 1.56 bits per heavy atom. The summed E-state index contributed by atoms with van der Waals surface area (Å²) in [5.41, 5.74) is 0. The summed E-state index contributed by atoms with van der Waals surface area (Å²) in [5, 5.41) is 3.33. The highest BCUT2D eigenvalue weighted by Gasteiger charge is 2.22. The first-order chi connectivity index (χ1) is 8.68. The van der Waals surface area contributed by atoms with Crippen molar-refractivity contribution in [2.24, 2.45) is 0 Å². The Morgan fingerprint density at radius 3 is 2.83 bits per heavy atom. The summed E-state index contributed by atoms with van der Waals surface area (Å²) in [5.74, 6) is 1.18. The number of imidazole rings is 1. The van der Waals surface area contributed by atoms with Crippen molar-refractivity contribution < 1.29 is 4.79 Å². The van der Waals surface area contributed by atoms with Crippen LogP contribution in [0.5, 0.6) is 0 Å². The van der Waals surface area contributed by atoms with E-state index >= 15 is 0 Å². The van der Waals surface area contributed by atoms with E-state index in [-0.39, 0.29) is 5.91 Å². The third kappa shape index (κ3) is 3.10. The molecule has 0 spiro atoms. The van der Waals surface area contributed by atoms with Gasteiger partial charge < -0.3 is 14.8 Å². The van der Waals surface area contributed by atoms with E-state index in [2.05, 4.69) is 14.9 Å². The number of nitrogens with one attached hydrogen (secondary N) is 1. The van der Waals surface area contributed by atoms with Crippen molar-refractivity contribution in [2.75, 3.05) is 19.6 Å². The van der Waals surface area contributed by atoms with Crippen LogP contribution in [0, 0.1) is 6.92 Å². The van der Waals surface area contributed by atoms with Crippen LogP contribution in [0.2, 0.25) is 0 Å². The van der Waals surface area contributed by atoms with E-state index in [1.165, 1.54) is 0 Å². The van der Waals surface area contributed by atoms with E-state index in [1.807, 2.05) is 18.0 Å². The maximum atomic E-state index is 11.8. The van der Waals surface area contributed by atoms with Crippen molar-refractivity contribution in [3.8, 4) is 0 Å². The van der Waals surface area contributed by atoms with Crippen molar-refractivity contribution in [1.29, 1.82) is 0 Å². The molecule has 5 nitrogen and oxygen atoms in total. The Labute approximate surface area is 108 Å². The Kier molecular flexibility index (Phi) is 4.36. The minimum atomic E-state index is 0.180. The van der Waals surface area contributed by atoms with Gasteiger partial charge in [0.05, 0.1) is 0 Å². The molecule has 1 N–H and O–H groups in total. The minimum absolute atomic E-state index is 0.180. The zero-order valence-corrected chi connectivity index (χ0v) is 11.2. The summed E-state index contributed by atoms with van der Waals surface area (Å²) in [6.07, 6.45) is 5.89. The van der Waals surface area contributed by atoms with E-state index in [4.69, 9.17) is 0 Å². The zero-order chi connectivity index (χ0) is 13.0. The lowest BCUT2D eigenvalue weighted by Gasteiger charge is -2.34. The Bertz CT molecular complexity index is 395. The normalized spacial score (nSPS) is 16.8. The van der Waals surface area contributed by atoms with E-state index in [0.29, 0.717) is 6.04 Å². The molecular formula is C13H22N4O. The lowest BCUT2D eigenvalue weighted by molar-refractivity contribution is -0.131. The zero-order valence-electron chi connectivity index (χ0n) is 11.2. The standard InChI is InChI=1S/C13H22N4O/c1-11-15-7-8-16(11)9-10-17(12(2)18)13-3-5-14-6-4-13/h7-8,13-14H,3-6,9-10H2,1-2H3. The predicted molar refractivity (Wildman–Crippen MR) is 70.2 cm³/mol. The summed E-state index contributed by atoms with van der Waals surface area (Å²) in [7, 11) is 0. The van der Waals surface area contributed by atoms with Crippen LogP contribution >= 0.6 is 0 Å². The Hall–Kier alpha value is -1.36. The van der Waals surface area contributed by atoms with Gasteiger partial charge in [-0.1, -0.05) is 0 Å². The first-order valence-corrected chi connectivity index (χ1v) is 6.64. The largest absolute Gasteiger partial charge is 0.338 e. The van der Waals surface area contributed by atoms with Gasteiger partial charge in [0.1, 0.15) is 5.82 Å². The number of amides is 1. The van der Waals surface area contributed by atoms with Crippen LogP contribution < -0.4 is 5.32 Å². The maximum Gasteiger partial charge on any atom is 0.219 e. The predicted octanol–water partition coefficient (Wildman–Crippen LogP) is 0.792. The first kappa shape index (κ1) is 13.1. The molecule has 2 rings (SSSR count). The van der Waals surface area contributed by atoms with Crippen LogP contribution in [0.25, 0.3) is 0 Å². The molecule has 0 aromatic carbocycles. The molecule has 1 amide bonds. The van der Waals surface area contributed by atoms with Crippen molar-refractivity contribution in [2.45, 2.75) is 39.3 Å². The first-order valence-electron chi connectivity index (χ1n) is 6.64. The van der Waals surface area contributed by atoms with E-state index in [9.17, 15) is 4.79 Å². The van der Waals surface area contributed by atoms with Crippen LogP contribution in [0.3, 0.4) is 0 Å². The van der Waals surface area contributed by atoms with Gasteiger partial charge >= 0.3 is 0 Å². The lowest BCUT2D eigenvalue weighted by atomic mass is 10.0. The second-order valence-electron chi connectivity index (χ2n) is 4.86. The molecule has 1 aliphatic rings. The molecule has 0 bridgehead atoms. The number of carbonyl (C=O) groups excluding carboxylic acids is 1. The van der Waals surface area contributed by atoms with Crippen molar-refractivity contribution >= 4 is 5.91 Å².